The number of pyridine rings is 3. The summed E-state index contributed by atoms with van der Waals surface area (Å²) < 4.78 is 58.4. The lowest BCUT2D eigenvalue weighted by atomic mass is 10.1. The highest BCUT2D eigenvalue weighted by Crippen LogP contribution is 2.30. The van der Waals surface area contributed by atoms with Crippen LogP contribution in [0.25, 0.3) is 22.3 Å². The lowest BCUT2D eigenvalue weighted by Gasteiger charge is -2.33. The number of carbonyl (C=O) groups is 1. The van der Waals surface area contributed by atoms with E-state index in [1.807, 2.05) is 6.07 Å². The molecule has 1 fully saturated rings. The van der Waals surface area contributed by atoms with E-state index in [2.05, 4.69) is 15.3 Å². The Balaban J connectivity index is 1.19. The van der Waals surface area contributed by atoms with Crippen molar-refractivity contribution in [2.45, 2.75) is 36.8 Å². The van der Waals surface area contributed by atoms with Crippen molar-refractivity contribution in [3.05, 3.63) is 77.6 Å². The summed E-state index contributed by atoms with van der Waals surface area (Å²) in [6.45, 7) is 0.560. The molecule has 3 aromatic heterocycles. The summed E-state index contributed by atoms with van der Waals surface area (Å²) >= 11 is 0. The number of carbonyl (C=O) groups excluding carboxylic acids is 1. The molecule has 2 aliphatic heterocycles. The van der Waals surface area contributed by atoms with E-state index in [0.29, 0.717) is 46.9 Å². The highest BCUT2D eigenvalue weighted by Gasteiger charge is 2.35. The smallest absolute Gasteiger partial charge is 0.265 e. The van der Waals surface area contributed by atoms with Crippen LogP contribution < -0.4 is 10.2 Å². The number of nitrogens with zero attached hydrogens (tertiary/aromatic N) is 4. The van der Waals surface area contributed by atoms with Gasteiger partial charge in [0.25, 0.3) is 11.8 Å². The van der Waals surface area contributed by atoms with Gasteiger partial charge in [-0.25, -0.2) is 27.2 Å². The van der Waals surface area contributed by atoms with Crippen molar-refractivity contribution in [2.75, 3.05) is 30.3 Å². The number of nitrogens with one attached hydrogen (secondary N) is 1. The second kappa shape index (κ2) is 10.7. The van der Waals surface area contributed by atoms with Gasteiger partial charge < -0.3 is 15.0 Å². The second-order valence-electron chi connectivity index (χ2n) is 10.2. The van der Waals surface area contributed by atoms with Crippen LogP contribution in [0.15, 0.2) is 65.7 Å². The molecule has 1 N–H and O–H groups in total. The fraction of sp³-hybridized carbons (Fsp3) is 0.310. The monoisotopic (exact) mass is 579 g/mol. The number of amides is 1. The Labute approximate surface area is 235 Å². The summed E-state index contributed by atoms with van der Waals surface area (Å²) in [6, 6.07) is 15.3. The van der Waals surface area contributed by atoms with Crippen molar-refractivity contribution >= 4 is 32.5 Å². The predicted molar refractivity (Wildman–Crippen MR) is 148 cm³/mol. The van der Waals surface area contributed by atoms with Gasteiger partial charge in [-0.1, -0.05) is 12.1 Å². The zero-order valence-corrected chi connectivity index (χ0v) is 22.8. The summed E-state index contributed by atoms with van der Waals surface area (Å²) in [5, 5.41) is 3.58. The largest absolute Gasteiger partial charge is 0.376 e. The van der Waals surface area contributed by atoms with Crippen LogP contribution in [0, 0.1) is 0 Å². The summed E-state index contributed by atoms with van der Waals surface area (Å²) in [4.78, 5) is 28.3. The molecule has 212 valence electrons. The van der Waals surface area contributed by atoms with Gasteiger partial charge in [-0.2, -0.15) is 0 Å². The molecule has 1 amide bonds. The SMILES string of the molecule is O=C(NCc1cc2nc(-c3cccc(N4CCCC(F)(F)C4)n3)ccc2cn1)c1ccc2c(c1)S(=O)(=O)CCOC2. The molecule has 0 atom stereocenters. The third-order valence-electron chi connectivity index (χ3n) is 7.19. The summed E-state index contributed by atoms with van der Waals surface area (Å²) in [6.07, 6.45) is 1.94. The average Bonchev–Trinajstić information content (AvgIpc) is 3.12. The maximum absolute atomic E-state index is 14.0. The third-order valence-corrected chi connectivity index (χ3v) is 8.95. The van der Waals surface area contributed by atoms with Gasteiger partial charge in [0.15, 0.2) is 9.84 Å². The number of sulfone groups is 1. The van der Waals surface area contributed by atoms with Gasteiger partial charge in [0.2, 0.25) is 0 Å². The molecule has 0 aliphatic carbocycles. The molecule has 0 unspecified atom stereocenters. The average molecular weight is 580 g/mol. The van der Waals surface area contributed by atoms with E-state index in [1.165, 1.54) is 6.07 Å². The Morgan fingerprint density at radius 2 is 1.93 bits per heavy atom. The van der Waals surface area contributed by atoms with Crippen LogP contribution in [0.1, 0.15) is 34.5 Å². The number of piperidine rings is 1. The van der Waals surface area contributed by atoms with Crippen LogP contribution >= 0.6 is 0 Å². The minimum atomic E-state index is -3.53. The molecule has 41 heavy (non-hydrogen) atoms. The van der Waals surface area contributed by atoms with Crippen molar-refractivity contribution in [2.24, 2.45) is 0 Å². The van der Waals surface area contributed by atoms with Gasteiger partial charge in [-0.15, -0.1) is 0 Å². The highest BCUT2D eigenvalue weighted by atomic mass is 32.2. The van der Waals surface area contributed by atoms with Gasteiger partial charge in [0.1, 0.15) is 5.82 Å². The first-order valence-corrected chi connectivity index (χ1v) is 14.9. The van der Waals surface area contributed by atoms with Crippen molar-refractivity contribution in [3.63, 3.8) is 0 Å². The quantitative estimate of drug-likeness (QED) is 0.375. The molecule has 0 spiro atoms. The maximum atomic E-state index is 14.0. The predicted octanol–water partition coefficient (Wildman–Crippen LogP) is 4.16. The molecule has 1 saturated heterocycles. The van der Waals surface area contributed by atoms with Crippen molar-refractivity contribution in [1.82, 2.24) is 20.3 Å². The Hall–Kier alpha value is -4.03. The Morgan fingerprint density at radius 3 is 2.78 bits per heavy atom. The van der Waals surface area contributed by atoms with Gasteiger partial charge in [0.05, 0.1) is 59.6 Å². The van der Waals surface area contributed by atoms with E-state index in [4.69, 9.17) is 9.72 Å². The zero-order valence-electron chi connectivity index (χ0n) is 22.0. The first-order valence-electron chi connectivity index (χ1n) is 13.2. The molecule has 1 aromatic carbocycles. The number of alkyl halides is 2. The highest BCUT2D eigenvalue weighted by molar-refractivity contribution is 7.91. The van der Waals surface area contributed by atoms with Crippen LogP contribution in [0.3, 0.4) is 0 Å². The maximum Gasteiger partial charge on any atom is 0.265 e. The fourth-order valence-corrected chi connectivity index (χ4v) is 6.43. The topological polar surface area (TPSA) is 114 Å². The van der Waals surface area contributed by atoms with E-state index in [-0.39, 0.29) is 48.9 Å². The number of benzene rings is 1. The Morgan fingerprint density at radius 1 is 1.07 bits per heavy atom. The number of hydrogen-bond donors (Lipinski definition) is 1. The number of hydrogen-bond acceptors (Lipinski definition) is 8. The molecular formula is C29H27F2N5O4S. The lowest BCUT2D eigenvalue weighted by molar-refractivity contribution is -0.0118. The number of ether oxygens (including phenoxy) is 1. The zero-order chi connectivity index (χ0) is 28.6. The summed E-state index contributed by atoms with van der Waals surface area (Å²) in [5.41, 5.74) is 3.10. The van der Waals surface area contributed by atoms with Gasteiger partial charge >= 0.3 is 0 Å². The standard InChI is InChI=1S/C29H27F2N5O4S/c30-29(31)9-2-10-36(18-29)27-4-1-3-23(35-27)24-8-7-20-15-32-22(14-25(20)34-24)16-33-28(37)19-5-6-21-17-40-11-12-41(38,39)26(21)13-19/h1,3-8,13-15H,2,9-12,16-18H2,(H,33,37). The lowest BCUT2D eigenvalue weighted by Crippen LogP contribution is -2.43. The van der Waals surface area contributed by atoms with Gasteiger partial charge in [-0.3, -0.25) is 9.78 Å². The first-order chi connectivity index (χ1) is 19.7. The molecular weight excluding hydrogens is 552 g/mol. The molecule has 12 heteroatoms. The molecule has 0 saturated carbocycles. The van der Waals surface area contributed by atoms with Crippen LogP contribution in [0.2, 0.25) is 0 Å². The molecule has 4 aromatic rings. The molecule has 6 rings (SSSR count). The van der Waals surface area contributed by atoms with E-state index in [0.717, 1.165) is 5.39 Å². The molecule has 5 heterocycles. The van der Waals surface area contributed by atoms with E-state index in [1.54, 1.807) is 53.6 Å². The van der Waals surface area contributed by atoms with Gasteiger partial charge in [-0.05, 0) is 54.4 Å². The summed E-state index contributed by atoms with van der Waals surface area (Å²) in [5.74, 6) is -2.81. The number of anilines is 1. The van der Waals surface area contributed by atoms with Crippen LogP contribution in [0.4, 0.5) is 14.6 Å². The van der Waals surface area contributed by atoms with Crippen LogP contribution in [-0.4, -0.2) is 60.6 Å². The van der Waals surface area contributed by atoms with Crippen LogP contribution in [0.5, 0.6) is 0 Å². The Kier molecular flexibility index (Phi) is 7.12. The first kappa shape index (κ1) is 27.2. The van der Waals surface area contributed by atoms with Crippen molar-refractivity contribution in [3.8, 4) is 11.4 Å². The molecule has 9 nitrogen and oxygen atoms in total. The van der Waals surface area contributed by atoms with E-state index in [9.17, 15) is 22.0 Å². The minimum absolute atomic E-state index is 0.102. The fourth-order valence-electron chi connectivity index (χ4n) is 5.04. The van der Waals surface area contributed by atoms with E-state index >= 15 is 0 Å². The molecule has 0 radical (unpaired) electrons. The van der Waals surface area contributed by atoms with Crippen molar-refractivity contribution < 1.29 is 26.7 Å². The normalized spacial score (nSPS) is 18.0. The van der Waals surface area contributed by atoms with Gasteiger partial charge in [0, 0.05) is 30.1 Å². The van der Waals surface area contributed by atoms with Crippen LogP contribution in [-0.2, 0) is 27.7 Å². The van der Waals surface area contributed by atoms with E-state index < -0.39 is 21.7 Å². The third kappa shape index (κ3) is 5.89. The van der Waals surface area contributed by atoms with Crippen molar-refractivity contribution in [1.29, 1.82) is 0 Å². The molecule has 2 aliphatic rings. The minimum Gasteiger partial charge on any atom is -0.376 e. The number of fused-ring (bicyclic) bond motifs is 2. The summed E-state index contributed by atoms with van der Waals surface area (Å²) in [7, 11) is -3.53. The molecule has 0 bridgehead atoms. The number of rotatable bonds is 5. The Bertz CT molecular complexity index is 1750. The number of aromatic nitrogens is 3. The second-order valence-corrected chi connectivity index (χ2v) is 12.3. The number of halogens is 2.